The lowest BCUT2D eigenvalue weighted by molar-refractivity contribution is -0.119. The Morgan fingerprint density at radius 1 is 1.50 bits per heavy atom. The number of ether oxygens (including phenoxy) is 2. The highest BCUT2D eigenvalue weighted by atomic mass is 16.5. The summed E-state index contributed by atoms with van der Waals surface area (Å²) in [6, 6.07) is 0.126. The van der Waals surface area contributed by atoms with Gasteiger partial charge in [-0.2, -0.15) is 0 Å². The summed E-state index contributed by atoms with van der Waals surface area (Å²) in [5, 5.41) is 7.31. The molecule has 24 heavy (non-hydrogen) atoms. The molecule has 4 amide bonds. The molecule has 3 N–H and O–H groups in total. The maximum Gasteiger partial charge on any atom is 0.322 e. The number of fused-ring (bicyclic) bond motifs is 1. The van der Waals surface area contributed by atoms with Gasteiger partial charge in [0.05, 0.1) is 17.9 Å². The van der Waals surface area contributed by atoms with Crippen molar-refractivity contribution in [3.8, 4) is 5.75 Å². The van der Waals surface area contributed by atoms with Crippen LogP contribution < -0.4 is 20.7 Å². The number of pyridine rings is 1. The van der Waals surface area contributed by atoms with Crippen molar-refractivity contribution < 1.29 is 23.9 Å². The number of carbonyl (C=O) groups is 3. The quantitative estimate of drug-likeness (QED) is 0.493. The van der Waals surface area contributed by atoms with E-state index in [1.807, 2.05) is 0 Å². The lowest BCUT2D eigenvalue weighted by atomic mass is 10.1. The Morgan fingerprint density at radius 2 is 2.33 bits per heavy atom. The third kappa shape index (κ3) is 3.20. The van der Waals surface area contributed by atoms with Gasteiger partial charge < -0.3 is 20.1 Å². The van der Waals surface area contributed by atoms with Crippen molar-refractivity contribution in [3.63, 3.8) is 0 Å². The van der Waals surface area contributed by atoms with Crippen LogP contribution >= 0.6 is 0 Å². The molecule has 1 aromatic heterocycles. The molecule has 2 aliphatic heterocycles. The SMILES string of the molecule is COCCNC(=O)c1cnc2c(c1)OC(C1NC(=O)NC1=O)=CC2. The van der Waals surface area contributed by atoms with Crippen LogP contribution in [0.5, 0.6) is 5.75 Å². The molecule has 3 rings (SSSR count). The first-order valence-corrected chi connectivity index (χ1v) is 7.34. The second-order valence-corrected chi connectivity index (χ2v) is 5.23. The highest BCUT2D eigenvalue weighted by Gasteiger charge is 2.35. The van der Waals surface area contributed by atoms with E-state index in [0.717, 1.165) is 0 Å². The van der Waals surface area contributed by atoms with Gasteiger partial charge in [0, 0.05) is 26.3 Å². The summed E-state index contributed by atoms with van der Waals surface area (Å²) in [4.78, 5) is 39.2. The molecular weight excluding hydrogens is 316 g/mol. The predicted octanol–water partition coefficient (Wildman–Crippen LogP) is -0.515. The van der Waals surface area contributed by atoms with Gasteiger partial charge in [-0.25, -0.2) is 4.79 Å². The number of amides is 4. The zero-order valence-electron chi connectivity index (χ0n) is 12.9. The van der Waals surface area contributed by atoms with E-state index in [1.54, 1.807) is 19.3 Å². The molecule has 126 valence electrons. The van der Waals surface area contributed by atoms with Crippen molar-refractivity contribution in [2.45, 2.75) is 12.5 Å². The number of nitrogens with zero attached hydrogens (tertiary/aromatic N) is 1. The second-order valence-electron chi connectivity index (χ2n) is 5.23. The van der Waals surface area contributed by atoms with Crippen LogP contribution in [-0.4, -0.2) is 49.1 Å². The molecule has 9 heteroatoms. The number of imide groups is 1. The first-order chi connectivity index (χ1) is 11.6. The number of rotatable bonds is 5. The molecular formula is C15H16N4O5. The number of allylic oxidation sites excluding steroid dienone is 1. The van der Waals surface area contributed by atoms with Crippen LogP contribution in [0.15, 0.2) is 24.1 Å². The van der Waals surface area contributed by atoms with Crippen LogP contribution in [-0.2, 0) is 16.0 Å². The standard InChI is InChI=1S/C15H16N4O5/c1-23-5-4-16-13(20)8-6-11-9(17-7-8)2-3-10(24-11)12-14(21)19-15(22)18-12/h3,6-7,12H,2,4-5H2,1H3,(H,16,20)(H2,18,19,21,22). The van der Waals surface area contributed by atoms with E-state index in [1.165, 1.54) is 6.20 Å². The fourth-order valence-corrected chi connectivity index (χ4v) is 2.37. The molecule has 2 aliphatic rings. The Bertz CT molecular complexity index is 731. The van der Waals surface area contributed by atoms with Crippen LogP contribution in [0.25, 0.3) is 0 Å². The van der Waals surface area contributed by atoms with Gasteiger partial charge in [0.2, 0.25) is 0 Å². The average molecular weight is 332 g/mol. The fraction of sp³-hybridized carbons (Fsp3) is 0.333. The lowest BCUT2D eigenvalue weighted by Gasteiger charge is -2.20. The van der Waals surface area contributed by atoms with Gasteiger partial charge in [-0.05, 0) is 12.1 Å². The van der Waals surface area contributed by atoms with Crippen molar-refractivity contribution in [3.05, 3.63) is 35.4 Å². The van der Waals surface area contributed by atoms with E-state index in [4.69, 9.17) is 9.47 Å². The van der Waals surface area contributed by atoms with Gasteiger partial charge in [0.15, 0.2) is 6.04 Å². The van der Waals surface area contributed by atoms with E-state index in [0.29, 0.717) is 42.3 Å². The van der Waals surface area contributed by atoms with Crippen LogP contribution in [0.2, 0.25) is 0 Å². The Labute approximate surface area is 137 Å². The van der Waals surface area contributed by atoms with E-state index < -0.39 is 18.0 Å². The zero-order valence-corrected chi connectivity index (χ0v) is 12.9. The average Bonchev–Trinajstić information content (AvgIpc) is 2.92. The van der Waals surface area contributed by atoms with Crippen LogP contribution in [0.4, 0.5) is 4.79 Å². The summed E-state index contributed by atoms with van der Waals surface area (Å²) in [5.74, 6) is -0.0736. The molecule has 0 saturated carbocycles. The third-order valence-electron chi connectivity index (χ3n) is 3.57. The van der Waals surface area contributed by atoms with E-state index in [9.17, 15) is 14.4 Å². The van der Waals surface area contributed by atoms with Crippen LogP contribution in [0.3, 0.4) is 0 Å². The maximum atomic E-state index is 12.0. The molecule has 0 bridgehead atoms. The molecule has 9 nitrogen and oxygen atoms in total. The topological polar surface area (TPSA) is 119 Å². The first kappa shape index (κ1) is 15.9. The number of methoxy groups -OCH3 is 1. The van der Waals surface area contributed by atoms with Gasteiger partial charge in [-0.3, -0.25) is 19.9 Å². The van der Waals surface area contributed by atoms with E-state index in [2.05, 4.69) is 20.9 Å². The molecule has 0 aromatic carbocycles. The van der Waals surface area contributed by atoms with Gasteiger partial charge in [-0.15, -0.1) is 0 Å². The van der Waals surface area contributed by atoms with Crippen molar-refractivity contribution in [2.24, 2.45) is 0 Å². The number of urea groups is 1. The number of hydrogen-bond acceptors (Lipinski definition) is 6. The largest absolute Gasteiger partial charge is 0.457 e. The van der Waals surface area contributed by atoms with Gasteiger partial charge in [0.25, 0.3) is 11.8 Å². The minimum absolute atomic E-state index is 0.297. The van der Waals surface area contributed by atoms with Crippen molar-refractivity contribution in [1.82, 2.24) is 20.9 Å². The molecule has 1 atom stereocenters. The predicted molar refractivity (Wildman–Crippen MR) is 81.3 cm³/mol. The minimum atomic E-state index is -0.871. The Morgan fingerprint density at radius 3 is 3.04 bits per heavy atom. The smallest absolute Gasteiger partial charge is 0.322 e. The number of aromatic nitrogens is 1. The van der Waals surface area contributed by atoms with E-state index >= 15 is 0 Å². The van der Waals surface area contributed by atoms with Gasteiger partial charge >= 0.3 is 6.03 Å². The van der Waals surface area contributed by atoms with Crippen LogP contribution in [0.1, 0.15) is 16.1 Å². The lowest BCUT2D eigenvalue weighted by Crippen LogP contribution is -2.34. The summed E-state index contributed by atoms with van der Waals surface area (Å²) in [7, 11) is 1.55. The molecule has 3 heterocycles. The summed E-state index contributed by atoms with van der Waals surface area (Å²) < 4.78 is 10.5. The number of hydrogen-bond donors (Lipinski definition) is 3. The molecule has 1 fully saturated rings. The normalized spacial score (nSPS) is 18.9. The molecule has 0 spiro atoms. The molecule has 1 saturated heterocycles. The Hall–Kier alpha value is -2.94. The molecule has 0 radical (unpaired) electrons. The third-order valence-corrected chi connectivity index (χ3v) is 3.57. The van der Waals surface area contributed by atoms with Crippen molar-refractivity contribution in [1.29, 1.82) is 0 Å². The minimum Gasteiger partial charge on any atom is -0.457 e. The second kappa shape index (κ2) is 6.67. The maximum absolute atomic E-state index is 12.0. The number of nitrogens with one attached hydrogen (secondary N) is 3. The Kier molecular flexibility index (Phi) is 4.43. The zero-order chi connectivity index (χ0) is 17.1. The highest BCUT2D eigenvalue weighted by molar-refractivity contribution is 6.05. The summed E-state index contributed by atoms with van der Waals surface area (Å²) >= 11 is 0. The molecule has 0 aliphatic carbocycles. The van der Waals surface area contributed by atoms with Crippen molar-refractivity contribution >= 4 is 17.8 Å². The van der Waals surface area contributed by atoms with Crippen molar-refractivity contribution in [2.75, 3.05) is 20.3 Å². The van der Waals surface area contributed by atoms with E-state index in [-0.39, 0.29) is 5.91 Å². The molecule has 1 unspecified atom stereocenters. The summed E-state index contributed by atoms with van der Waals surface area (Å²) in [5.41, 5.74) is 0.989. The number of carbonyl (C=O) groups excluding carboxylic acids is 3. The fourth-order valence-electron chi connectivity index (χ4n) is 2.37. The first-order valence-electron chi connectivity index (χ1n) is 7.34. The van der Waals surface area contributed by atoms with Gasteiger partial charge in [-0.1, -0.05) is 0 Å². The highest BCUT2D eigenvalue weighted by Crippen LogP contribution is 2.27. The molecule has 1 aromatic rings. The Balaban J connectivity index is 1.73. The van der Waals surface area contributed by atoms with Crippen LogP contribution in [0, 0.1) is 0 Å². The monoisotopic (exact) mass is 332 g/mol. The summed E-state index contributed by atoms with van der Waals surface area (Å²) in [6.45, 7) is 0.788. The van der Waals surface area contributed by atoms with Gasteiger partial charge in [0.1, 0.15) is 11.5 Å². The summed E-state index contributed by atoms with van der Waals surface area (Å²) in [6.07, 6.45) is 3.59.